The number of nitrogens with one attached hydrogen (secondary N) is 1. The molecule has 1 aliphatic heterocycles. The van der Waals surface area contributed by atoms with Crippen molar-refractivity contribution in [1.82, 2.24) is 0 Å². The Bertz CT molecular complexity index is 645. The summed E-state index contributed by atoms with van der Waals surface area (Å²) < 4.78 is 0. The number of aliphatic imine (C=N–C) groups is 1. The predicted molar refractivity (Wildman–Crippen MR) is 69.4 cm³/mol. The van der Waals surface area contributed by atoms with Crippen LogP contribution in [0.25, 0.3) is 0 Å². The molecule has 0 atom stereocenters. The van der Waals surface area contributed by atoms with Crippen LogP contribution in [0.5, 0.6) is 5.75 Å². The molecule has 0 unspecified atom stereocenters. The Labute approximate surface area is 104 Å². The first kappa shape index (κ1) is 10.5. The van der Waals surface area contributed by atoms with Crippen LogP contribution >= 0.6 is 0 Å². The minimum absolute atomic E-state index is 0.176. The fourth-order valence-electron chi connectivity index (χ4n) is 1.87. The summed E-state index contributed by atoms with van der Waals surface area (Å²) in [5.74, 6) is -0.0282. The van der Waals surface area contributed by atoms with Crippen molar-refractivity contribution < 1.29 is 9.90 Å². The van der Waals surface area contributed by atoms with Crippen molar-refractivity contribution in [3.63, 3.8) is 0 Å². The molecule has 0 fully saturated rings. The second-order valence-corrected chi connectivity index (χ2v) is 3.98. The summed E-state index contributed by atoms with van der Waals surface area (Å²) in [6, 6.07) is 13.8. The Morgan fingerprint density at radius 1 is 1.00 bits per heavy atom. The van der Waals surface area contributed by atoms with E-state index >= 15 is 0 Å². The highest BCUT2D eigenvalue weighted by molar-refractivity contribution is 6.54. The molecule has 0 bridgehead atoms. The Morgan fingerprint density at radius 3 is 2.50 bits per heavy atom. The number of benzene rings is 2. The highest BCUT2D eigenvalue weighted by Gasteiger charge is 2.25. The lowest BCUT2D eigenvalue weighted by molar-refractivity contribution is -0.110. The highest BCUT2D eigenvalue weighted by Crippen LogP contribution is 2.25. The van der Waals surface area contributed by atoms with Gasteiger partial charge in [0, 0.05) is 5.56 Å². The first-order valence-corrected chi connectivity index (χ1v) is 5.52. The molecule has 1 heterocycles. The van der Waals surface area contributed by atoms with Gasteiger partial charge in [-0.1, -0.05) is 18.2 Å². The maximum Gasteiger partial charge on any atom is 0.275 e. The van der Waals surface area contributed by atoms with E-state index in [9.17, 15) is 9.90 Å². The number of fused-ring (bicyclic) bond motifs is 1. The van der Waals surface area contributed by atoms with Gasteiger partial charge >= 0.3 is 0 Å². The third-order valence-electron chi connectivity index (χ3n) is 2.74. The average molecular weight is 238 g/mol. The normalized spacial score (nSPS) is 15.6. The standard InChI is InChI=1S/C14H10N2O2/c17-10-7-5-9(6-8-10)15-13-11-3-1-2-4-12(11)16-14(13)18/h1-8,17H,(H,15,16,18). The van der Waals surface area contributed by atoms with Gasteiger partial charge in [-0.2, -0.15) is 0 Å². The van der Waals surface area contributed by atoms with Gasteiger partial charge in [0.25, 0.3) is 5.91 Å². The van der Waals surface area contributed by atoms with E-state index < -0.39 is 0 Å². The number of carbonyl (C=O) groups is 1. The molecule has 1 amide bonds. The molecular weight excluding hydrogens is 228 g/mol. The van der Waals surface area contributed by atoms with Gasteiger partial charge in [0.1, 0.15) is 11.5 Å². The average Bonchev–Trinajstić information content (AvgIpc) is 2.69. The molecule has 2 aromatic rings. The molecule has 2 N–H and O–H groups in total. The van der Waals surface area contributed by atoms with Crippen molar-refractivity contribution in [3.05, 3.63) is 54.1 Å². The monoisotopic (exact) mass is 238 g/mol. The van der Waals surface area contributed by atoms with Crippen LogP contribution in [0.15, 0.2) is 53.5 Å². The Balaban J connectivity index is 2.07. The van der Waals surface area contributed by atoms with E-state index in [1.807, 2.05) is 24.3 Å². The van der Waals surface area contributed by atoms with Crippen LogP contribution in [0.1, 0.15) is 5.56 Å². The van der Waals surface area contributed by atoms with E-state index in [1.165, 1.54) is 12.1 Å². The Hall–Kier alpha value is -2.62. The molecule has 0 spiro atoms. The van der Waals surface area contributed by atoms with Crippen molar-refractivity contribution in [2.24, 2.45) is 4.99 Å². The first-order chi connectivity index (χ1) is 8.74. The molecule has 3 rings (SSSR count). The largest absolute Gasteiger partial charge is 0.508 e. The predicted octanol–water partition coefficient (Wildman–Crippen LogP) is 2.47. The molecule has 18 heavy (non-hydrogen) atoms. The van der Waals surface area contributed by atoms with Crippen molar-refractivity contribution >= 4 is 23.0 Å². The van der Waals surface area contributed by atoms with Crippen molar-refractivity contribution in [2.75, 3.05) is 5.32 Å². The maximum absolute atomic E-state index is 11.8. The molecule has 1 aliphatic rings. The maximum atomic E-state index is 11.8. The number of para-hydroxylation sites is 1. The lowest BCUT2D eigenvalue weighted by atomic mass is 10.1. The Morgan fingerprint density at radius 2 is 1.72 bits per heavy atom. The van der Waals surface area contributed by atoms with Crippen molar-refractivity contribution in [3.8, 4) is 5.75 Å². The minimum atomic E-state index is -0.204. The number of nitrogens with zero attached hydrogens (tertiary/aromatic N) is 1. The fourth-order valence-corrected chi connectivity index (χ4v) is 1.87. The third-order valence-corrected chi connectivity index (χ3v) is 2.74. The molecule has 0 aromatic heterocycles. The van der Waals surface area contributed by atoms with Crippen LogP contribution < -0.4 is 5.32 Å². The lowest BCUT2D eigenvalue weighted by Gasteiger charge is -1.98. The van der Waals surface area contributed by atoms with Gasteiger partial charge in [0.2, 0.25) is 0 Å². The van der Waals surface area contributed by atoms with Gasteiger partial charge in [-0.25, -0.2) is 4.99 Å². The van der Waals surface area contributed by atoms with Gasteiger partial charge in [0.05, 0.1) is 11.4 Å². The quantitative estimate of drug-likeness (QED) is 0.801. The van der Waals surface area contributed by atoms with Gasteiger partial charge in [0.15, 0.2) is 0 Å². The first-order valence-electron chi connectivity index (χ1n) is 5.52. The minimum Gasteiger partial charge on any atom is -0.508 e. The number of phenols is 1. The molecular formula is C14H10N2O2. The molecule has 2 aromatic carbocycles. The van der Waals surface area contributed by atoms with E-state index in [2.05, 4.69) is 10.3 Å². The second kappa shape index (κ2) is 4.00. The van der Waals surface area contributed by atoms with Crippen LogP contribution in [0.2, 0.25) is 0 Å². The zero-order valence-corrected chi connectivity index (χ0v) is 9.42. The second-order valence-electron chi connectivity index (χ2n) is 3.98. The third kappa shape index (κ3) is 1.73. The summed E-state index contributed by atoms with van der Waals surface area (Å²) in [5, 5.41) is 12.0. The van der Waals surface area contributed by atoms with Gasteiger partial charge < -0.3 is 10.4 Å². The van der Waals surface area contributed by atoms with E-state index in [0.29, 0.717) is 11.4 Å². The molecule has 0 radical (unpaired) electrons. The van der Waals surface area contributed by atoms with E-state index in [0.717, 1.165) is 11.3 Å². The van der Waals surface area contributed by atoms with Gasteiger partial charge in [-0.3, -0.25) is 4.79 Å². The van der Waals surface area contributed by atoms with Crippen LogP contribution in [0.4, 0.5) is 11.4 Å². The summed E-state index contributed by atoms with van der Waals surface area (Å²) in [6.45, 7) is 0. The number of anilines is 1. The van der Waals surface area contributed by atoms with Crippen molar-refractivity contribution in [1.29, 1.82) is 0 Å². The molecule has 0 saturated carbocycles. The number of hydrogen-bond acceptors (Lipinski definition) is 3. The topological polar surface area (TPSA) is 61.7 Å². The van der Waals surface area contributed by atoms with Crippen molar-refractivity contribution in [2.45, 2.75) is 0 Å². The molecule has 4 nitrogen and oxygen atoms in total. The molecule has 4 heteroatoms. The summed E-state index contributed by atoms with van der Waals surface area (Å²) in [5.41, 5.74) is 2.61. The van der Waals surface area contributed by atoms with Crippen LogP contribution in [-0.2, 0) is 4.79 Å². The van der Waals surface area contributed by atoms with Crippen LogP contribution in [0, 0.1) is 0 Å². The van der Waals surface area contributed by atoms with Crippen LogP contribution in [0.3, 0.4) is 0 Å². The zero-order valence-electron chi connectivity index (χ0n) is 9.42. The Kier molecular flexibility index (Phi) is 2.34. The SMILES string of the molecule is O=C1Nc2ccccc2C1=Nc1ccc(O)cc1. The number of hydrogen-bond donors (Lipinski definition) is 2. The highest BCUT2D eigenvalue weighted by atomic mass is 16.3. The number of phenolic OH excluding ortho intramolecular Hbond substituents is 1. The molecule has 88 valence electrons. The van der Waals surface area contributed by atoms with E-state index in [4.69, 9.17) is 0 Å². The number of amides is 1. The summed E-state index contributed by atoms with van der Waals surface area (Å²) in [7, 11) is 0. The number of carbonyl (C=O) groups excluding carboxylic acids is 1. The number of aromatic hydroxyl groups is 1. The summed E-state index contributed by atoms with van der Waals surface area (Å²) in [6.07, 6.45) is 0. The van der Waals surface area contributed by atoms with Gasteiger partial charge in [-0.05, 0) is 30.3 Å². The fraction of sp³-hybridized carbons (Fsp3) is 0. The smallest absolute Gasteiger partial charge is 0.275 e. The lowest BCUT2D eigenvalue weighted by Crippen LogP contribution is -2.13. The van der Waals surface area contributed by atoms with E-state index in [1.54, 1.807) is 12.1 Å². The van der Waals surface area contributed by atoms with E-state index in [-0.39, 0.29) is 11.7 Å². The number of rotatable bonds is 1. The molecule has 0 saturated heterocycles. The zero-order chi connectivity index (χ0) is 12.5. The summed E-state index contributed by atoms with van der Waals surface area (Å²) in [4.78, 5) is 16.1. The molecule has 0 aliphatic carbocycles. The van der Waals surface area contributed by atoms with Gasteiger partial charge in [-0.15, -0.1) is 0 Å². The summed E-state index contributed by atoms with van der Waals surface area (Å²) >= 11 is 0. The van der Waals surface area contributed by atoms with Crippen LogP contribution in [-0.4, -0.2) is 16.7 Å².